The van der Waals surface area contributed by atoms with Crippen LogP contribution in [0.25, 0.3) is 0 Å². The van der Waals surface area contributed by atoms with Crippen molar-refractivity contribution in [3.63, 3.8) is 0 Å². The summed E-state index contributed by atoms with van der Waals surface area (Å²) in [5.74, 6) is 0.470. The molecule has 2 unspecified atom stereocenters. The molecule has 1 aromatic carbocycles. The zero-order valence-corrected chi connectivity index (χ0v) is 12.2. The quantitative estimate of drug-likeness (QED) is 0.901. The lowest BCUT2D eigenvalue weighted by Crippen LogP contribution is -2.35. The highest BCUT2D eigenvalue weighted by Gasteiger charge is 2.35. The Morgan fingerprint density at radius 3 is 2.65 bits per heavy atom. The van der Waals surface area contributed by atoms with Gasteiger partial charge in [-0.05, 0) is 50.7 Å². The van der Waals surface area contributed by atoms with Gasteiger partial charge in [0.1, 0.15) is 5.82 Å². The molecule has 0 spiro atoms. The second-order valence-electron chi connectivity index (χ2n) is 6.30. The van der Waals surface area contributed by atoms with Crippen molar-refractivity contribution >= 4 is 5.69 Å². The molecule has 1 N–H and O–H groups in total. The van der Waals surface area contributed by atoms with Gasteiger partial charge in [-0.25, -0.2) is 4.39 Å². The molecule has 1 saturated heterocycles. The van der Waals surface area contributed by atoms with Gasteiger partial charge < -0.3 is 10.0 Å². The number of hydrogen-bond donors (Lipinski definition) is 1. The number of halogens is 1. The first-order chi connectivity index (χ1) is 9.68. The minimum atomic E-state index is -0.754. The highest BCUT2D eigenvalue weighted by atomic mass is 19.1. The lowest BCUT2D eigenvalue weighted by Gasteiger charge is -2.33. The minimum absolute atomic E-state index is 0.283. The highest BCUT2D eigenvalue weighted by Crippen LogP contribution is 2.40. The Bertz CT molecular complexity index is 468. The molecular weight excluding hydrogens is 253 g/mol. The summed E-state index contributed by atoms with van der Waals surface area (Å²) < 4.78 is 14.1. The van der Waals surface area contributed by atoms with Crippen LogP contribution in [0.15, 0.2) is 18.2 Å². The average molecular weight is 277 g/mol. The van der Waals surface area contributed by atoms with Crippen LogP contribution in [-0.4, -0.2) is 17.7 Å². The summed E-state index contributed by atoms with van der Waals surface area (Å²) in [4.78, 5) is 2.36. The molecule has 2 fully saturated rings. The van der Waals surface area contributed by atoms with Crippen LogP contribution in [-0.2, 0) is 0 Å². The molecule has 1 aliphatic heterocycles. The Hall–Kier alpha value is -1.09. The molecule has 2 aliphatic rings. The Kier molecular flexibility index (Phi) is 3.97. The summed E-state index contributed by atoms with van der Waals surface area (Å²) >= 11 is 0. The lowest BCUT2D eigenvalue weighted by molar-refractivity contribution is 0.194. The van der Waals surface area contributed by atoms with Gasteiger partial charge >= 0.3 is 0 Å². The largest absolute Gasteiger partial charge is 0.389 e. The molecule has 3 rings (SSSR count). The molecule has 0 aromatic heterocycles. The number of anilines is 1. The van der Waals surface area contributed by atoms with E-state index >= 15 is 0 Å². The van der Waals surface area contributed by atoms with Gasteiger partial charge in [-0.2, -0.15) is 0 Å². The molecule has 1 aliphatic carbocycles. The van der Waals surface area contributed by atoms with Gasteiger partial charge in [-0.15, -0.1) is 0 Å². The fourth-order valence-corrected chi connectivity index (χ4v) is 4.11. The van der Waals surface area contributed by atoms with Crippen molar-refractivity contribution in [3.8, 4) is 0 Å². The molecule has 3 heteroatoms. The average Bonchev–Trinajstić information content (AvgIpc) is 3.08. The molecule has 2 nitrogen and oxygen atoms in total. The van der Waals surface area contributed by atoms with Crippen molar-refractivity contribution < 1.29 is 9.50 Å². The molecule has 1 aromatic rings. The van der Waals surface area contributed by atoms with Crippen LogP contribution in [0.2, 0.25) is 0 Å². The Balaban J connectivity index is 1.93. The van der Waals surface area contributed by atoms with Gasteiger partial charge in [0.25, 0.3) is 0 Å². The van der Waals surface area contributed by atoms with Crippen LogP contribution in [0.4, 0.5) is 10.1 Å². The van der Waals surface area contributed by atoms with E-state index in [-0.39, 0.29) is 5.82 Å². The zero-order chi connectivity index (χ0) is 14.1. The summed E-state index contributed by atoms with van der Waals surface area (Å²) in [5, 5.41) is 9.93. The summed E-state index contributed by atoms with van der Waals surface area (Å²) in [6.07, 6.45) is 6.91. The predicted octanol–water partition coefficient (Wildman–Crippen LogP) is 4.04. The van der Waals surface area contributed by atoms with E-state index in [1.807, 2.05) is 6.07 Å². The maximum Gasteiger partial charge on any atom is 0.131 e. The summed E-state index contributed by atoms with van der Waals surface area (Å²) in [7, 11) is 0. The fraction of sp³-hybridized carbons (Fsp3) is 0.647. The molecule has 1 heterocycles. The Morgan fingerprint density at radius 1 is 1.20 bits per heavy atom. The molecule has 1 saturated carbocycles. The molecule has 0 bridgehead atoms. The number of hydrogen-bond acceptors (Lipinski definition) is 2. The van der Waals surface area contributed by atoms with Gasteiger partial charge in [-0.3, -0.25) is 0 Å². The molecule has 20 heavy (non-hydrogen) atoms. The van der Waals surface area contributed by atoms with Crippen molar-refractivity contribution in [1.82, 2.24) is 0 Å². The first kappa shape index (κ1) is 13.9. The standard InChI is InChI=1S/C17H24FNO/c1-12(20)17-14(18)8-4-9-16(17)19-11-5-10-15(19)13-6-2-3-7-13/h4,8-9,12-13,15,20H,2-3,5-7,10-11H2,1H3. The SMILES string of the molecule is CC(O)c1c(F)cccc1N1CCCC1C1CCCC1. The molecule has 2 atom stereocenters. The summed E-state index contributed by atoms with van der Waals surface area (Å²) in [5.41, 5.74) is 1.38. The third-order valence-electron chi connectivity index (χ3n) is 5.00. The van der Waals surface area contributed by atoms with Crippen LogP contribution in [0.1, 0.15) is 57.1 Å². The second kappa shape index (κ2) is 5.72. The molecule has 0 amide bonds. The monoisotopic (exact) mass is 277 g/mol. The number of aliphatic hydroxyl groups excluding tert-OH is 1. The van der Waals surface area contributed by atoms with E-state index in [2.05, 4.69) is 4.90 Å². The third kappa shape index (κ3) is 2.44. The first-order valence-electron chi connectivity index (χ1n) is 7.91. The van der Waals surface area contributed by atoms with Gasteiger partial charge in [-0.1, -0.05) is 18.9 Å². The minimum Gasteiger partial charge on any atom is -0.389 e. The number of nitrogens with zero attached hydrogens (tertiary/aromatic N) is 1. The van der Waals surface area contributed by atoms with E-state index < -0.39 is 6.10 Å². The first-order valence-corrected chi connectivity index (χ1v) is 7.91. The van der Waals surface area contributed by atoms with Crippen LogP contribution in [0.5, 0.6) is 0 Å². The van der Waals surface area contributed by atoms with Crippen LogP contribution in [0, 0.1) is 11.7 Å². The van der Waals surface area contributed by atoms with Gasteiger partial charge in [0, 0.05) is 23.8 Å². The van der Waals surface area contributed by atoms with E-state index in [0.29, 0.717) is 11.6 Å². The highest BCUT2D eigenvalue weighted by molar-refractivity contribution is 5.56. The summed E-state index contributed by atoms with van der Waals surface area (Å²) in [6, 6.07) is 5.72. The van der Waals surface area contributed by atoms with Crippen molar-refractivity contribution in [2.24, 2.45) is 5.92 Å². The molecular formula is C17H24FNO. The number of aliphatic hydroxyl groups is 1. The van der Waals surface area contributed by atoms with Crippen LogP contribution >= 0.6 is 0 Å². The van der Waals surface area contributed by atoms with Crippen molar-refractivity contribution in [2.45, 2.75) is 57.6 Å². The fourth-order valence-electron chi connectivity index (χ4n) is 4.11. The maximum atomic E-state index is 14.1. The molecule has 0 radical (unpaired) electrons. The normalized spacial score (nSPS) is 25.4. The maximum absolute atomic E-state index is 14.1. The number of rotatable bonds is 3. The zero-order valence-electron chi connectivity index (χ0n) is 12.2. The Labute approximate surface area is 120 Å². The van der Waals surface area contributed by atoms with Crippen molar-refractivity contribution in [1.29, 1.82) is 0 Å². The van der Waals surface area contributed by atoms with Gasteiger partial charge in [0.05, 0.1) is 6.10 Å². The van der Waals surface area contributed by atoms with E-state index in [1.165, 1.54) is 44.6 Å². The topological polar surface area (TPSA) is 23.5 Å². The lowest BCUT2D eigenvalue weighted by atomic mass is 9.95. The van der Waals surface area contributed by atoms with E-state index in [9.17, 15) is 9.50 Å². The second-order valence-corrected chi connectivity index (χ2v) is 6.30. The Morgan fingerprint density at radius 2 is 1.95 bits per heavy atom. The van der Waals surface area contributed by atoms with Crippen molar-refractivity contribution in [3.05, 3.63) is 29.6 Å². The predicted molar refractivity (Wildman–Crippen MR) is 79.4 cm³/mol. The molecule has 110 valence electrons. The van der Waals surface area contributed by atoms with Crippen molar-refractivity contribution in [2.75, 3.05) is 11.4 Å². The van der Waals surface area contributed by atoms with E-state index in [0.717, 1.165) is 18.2 Å². The van der Waals surface area contributed by atoms with E-state index in [1.54, 1.807) is 13.0 Å². The third-order valence-corrected chi connectivity index (χ3v) is 5.00. The van der Waals surface area contributed by atoms with Crippen LogP contribution in [0.3, 0.4) is 0 Å². The summed E-state index contributed by atoms with van der Waals surface area (Å²) in [6.45, 7) is 2.65. The van der Waals surface area contributed by atoms with Gasteiger partial charge in [0.15, 0.2) is 0 Å². The number of benzene rings is 1. The smallest absolute Gasteiger partial charge is 0.131 e. The van der Waals surface area contributed by atoms with Gasteiger partial charge in [0.2, 0.25) is 0 Å². The van der Waals surface area contributed by atoms with Crippen LogP contribution < -0.4 is 4.90 Å². The van der Waals surface area contributed by atoms with E-state index in [4.69, 9.17) is 0 Å².